The molecule has 1 heteroatoms. The van der Waals surface area contributed by atoms with Gasteiger partial charge in [-0.15, -0.1) is 0 Å². The first-order chi connectivity index (χ1) is 10.3. The predicted molar refractivity (Wildman–Crippen MR) is 91.9 cm³/mol. The molecular formula is C20H13Cl. The highest BCUT2D eigenvalue weighted by Crippen LogP contribution is 2.35. The third-order valence-corrected chi connectivity index (χ3v) is 4.14. The van der Waals surface area contributed by atoms with Crippen molar-refractivity contribution in [2.75, 3.05) is 0 Å². The van der Waals surface area contributed by atoms with Crippen LogP contribution in [0.3, 0.4) is 0 Å². The van der Waals surface area contributed by atoms with Crippen LogP contribution in [0.15, 0.2) is 78.9 Å². The maximum Gasteiger partial charge on any atom is 0.0412 e. The van der Waals surface area contributed by atoms with Crippen molar-refractivity contribution in [2.24, 2.45) is 0 Å². The topological polar surface area (TPSA) is 0 Å². The molecular weight excluding hydrogens is 276 g/mol. The molecule has 4 aromatic carbocycles. The minimum Gasteiger partial charge on any atom is -0.0843 e. The molecule has 0 bridgehead atoms. The molecule has 0 saturated carbocycles. The van der Waals surface area contributed by atoms with E-state index < -0.39 is 0 Å². The highest BCUT2D eigenvalue weighted by molar-refractivity contribution is 6.32. The average Bonchev–Trinajstić information content (AvgIpc) is 2.55. The molecule has 100 valence electrons. The summed E-state index contributed by atoms with van der Waals surface area (Å²) in [6, 6.07) is 27.4. The number of rotatable bonds is 1. The minimum atomic E-state index is 0.776. The van der Waals surface area contributed by atoms with E-state index in [1.54, 1.807) is 0 Å². The Labute approximate surface area is 128 Å². The Hall–Kier alpha value is -2.31. The Bertz CT molecular complexity index is 940. The molecule has 21 heavy (non-hydrogen) atoms. The highest BCUT2D eigenvalue weighted by atomic mass is 35.5. The zero-order chi connectivity index (χ0) is 14.2. The normalized spacial score (nSPS) is 11.1. The van der Waals surface area contributed by atoms with Gasteiger partial charge in [0.1, 0.15) is 0 Å². The van der Waals surface area contributed by atoms with Gasteiger partial charge in [-0.05, 0) is 50.9 Å². The van der Waals surface area contributed by atoms with E-state index >= 15 is 0 Å². The largest absolute Gasteiger partial charge is 0.0843 e. The summed E-state index contributed by atoms with van der Waals surface area (Å²) in [6.07, 6.45) is 0. The SMILES string of the molecule is Clc1ccc2c(-c3ccccc3)cc3ccccc3c2c1. The van der Waals surface area contributed by atoms with Crippen LogP contribution in [0.25, 0.3) is 32.7 Å². The van der Waals surface area contributed by atoms with Crippen LogP contribution >= 0.6 is 11.6 Å². The number of hydrogen-bond acceptors (Lipinski definition) is 0. The molecule has 0 saturated heterocycles. The van der Waals surface area contributed by atoms with Crippen molar-refractivity contribution in [3.05, 3.63) is 83.9 Å². The van der Waals surface area contributed by atoms with E-state index in [-0.39, 0.29) is 0 Å². The molecule has 0 amide bonds. The Balaban J connectivity index is 2.19. The van der Waals surface area contributed by atoms with Crippen molar-refractivity contribution >= 4 is 33.1 Å². The van der Waals surface area contributed by atoms with Gasteiger partial charge in [0.25, 0.3) is 0 Å². The predicted octanol–water partition coefficient (Wildman–Crippen LogP) is 6.31. The first-order valence-corrected chi connectivity index (χ1v) is 7.37. The van der Waals surface area contributed by atoms with Crippen LogP contribution in [0.1, 0.15) is 0 Å². The summed E-state index contributed by atoms with van der Waals surface area (Å²) in [7, 11) is 0. The van der Waals surface area contributed by atoms with Gasteiger partial charge in [0.15, 0.2) is 0 Å². The molecule has 0 aliphatic rings. The Morgan fingerprint density at radius 1 is 0.571 bits per heavy atom. The van der Waals surface area contributed by atoms with Gasteiger partial charge in [0.2, 0.25) is 0 Å². The quantitative estimate of drug-likeness (QED) is 0.360. The van der Waals surface area contributed by atoms with Crippen molar-refractivity contribution in [3.8, 4) is 11.1 Å². The molecule has 0 fully saturated rings. The number of hydrogen-bond donors (Lipinski definition) is 0. The van der Waals surface area contributed by atoms with Crippen molar-refractivity contribution in [1.82, 2.24) is 0 Å². The molecule has 4 aromatic rings. The molecule has 0 aliphatic heterocycles. The van der Waals surface area contributed by atoms with E-state index in [9.17, 15) is 0 Å². The van der Waals surface area contributed by atoms with Crippen LogP contribution in [0.2, 0.25) is 5.02 Å². The van der Waals surface area contributed by atoms with Gasteiger partial charge in [-0.25, -0.2) is 0 Å². The van der Waals surface area contributed by atoms with Crippen molar-refractivity contribution in [2.45, 2.75) is 0 Å². The molecule has 0 heterocycles. The second-order valence-electron chi connectivity index (χ2n) is 5.20. The van der Waals surface area contributed by atoms with Crippen molar-refractivity contribution in [3.63, 3.8) is 0 Å². The Kier molecular flexibility index (Phi) is 2.90. The highest BCUT2D eigenvalue weighted by Gasteiger charge is 2.08. The smallest absolute Gasteiger partial charge is 0.0412 e. The lowest BCUT2D eigenvalue weighted by molar-refractivity contribution is 1.66. The summed E-state index contributed by atoms with van der Waals surface area (Å²) in [5, 5.41) is 5.71. The molecule has 0 unspecified atom stereocenters. The van der Waals surface area contributed by atoms with Gasteiger partial charge >= 0.3 is 0 Å². The molecule has 0 aliphatic carbocycles. The standard InChI is InChI=1S/C20H13Cl/c21-16-10-11-18-19(14-6-2-1-3-7-14)12-15-8-4-5-9-17(15)20(18)13-16/h1-13H. The van der Waals surface area contributed by atoms with Crippen LogP contribution in [0.5, 0.6) is 0 Å². The zero-order valence-electron chi connectivity index (χ0n) is 11.4. The van der Waals surface area contributed by atoms with Gasteiger partial charge < -0.3 is 0 Å². The molecule has 0 radical (unpaired) electrons. The number of halogens is 1. The first-order valence-electron chi connectivity index (χ1n) is 6.99. The van der Waals surface area contributed by atoms with Crippen LogP contribution in [0.4, 0.5) is 0 Å². The third-order valence-electron chi connectivity index (χ3n) is 3.91. The minimum absolute atomic E-state index is 0.776. The van der Waals surface area contributed by atoms with Crippen LogP contribution < -0.4 is 0 Å². The summed E-state index contributed by atoms with van der Waals surface area (Å²) >= 11 is 6.22. The maximum atomic E-state index is 6.22. The van der Waals surface area contributed by atoms with Crippen molar-refractivity contribution in [1.29, 1.82) is 0 Å². The lowest BCUT2D eigenvalue weighted by Gasteiger charge is -2.11. The summed E-state index contributed by atoms with van der Waals surface area (Å²) in [6.45, 7) is 0. The second kappa shape index (κ2) is 4.91. The van der Waals surface area contributed by atoms with E-state index in [0.29, 0.717) is 0 Å². The van der Waals surface area contributed by atoms with Gasteiger partial charge in [-0.2, -0.15) is 0 Å². The fourth-order valence-corrected chi connectivity index (χ4v) is 3.10. The van der Waals surface area contributed by atoms with E-state index in [1.807, 2.05) is 12.1 Å². The summed E-state index contributed by atoms with van der Waals surface area (Å²) in [5.74, 6) is 0. The molecule has 0 N–H and O–H groups in total. The van der Waals surface area contributed by atoms with E-state index in [2.05, 4.69) is 66.7 Å². The Morgan fingerprint density at radius 3 is 2.19 bits per heavy atom. The monoisotopic (exact) mass is 288 g/mol. The average molecular weight is 289 g/mol. The Morgan fingerprint density at radius 2 is 1.33 bits per heavy atom. The lowest BCUT2D eigenvalue weighted by Crippen LogP contribution is -1.84. The van der Waals surface area contributed by atoms with Crippen LogP contribution in [-0.2, 0) is 0 Å². The van der Waals surface area contributed by atoms with Gasteiger partial charge in [-0.1, -0.05) is 72.3 Å². The number of benzene rings is 4. The second-order valence-corrected chi connectivity index (χ2v) is 5.64. The first kappa shape index (κ1) is 12.4. The molecule has 0 aromatic heterocycles. The maximum absolute atomic E-state index is 6.22. The number of fused-ring (bicyclic) bond motifs is 3. The van der Waals surface area contributed by atoms with Crippen LogP contribution in [-0.4, -0.2) is 0 Å². The van der Waals surface area contributed by atoms with E-state index in [1.165, 1.54) is 32.7 Å². The summed E-state index contributed by atoms with van der Waals surface area (Å²) in [5.41, 5.74) is 2.48. The van der Waals surface area contributed by atoms with E-state index in [4.69, 9.17) is 11.6 Å². The fourth-order valence-electron chi connectivity index (χ4n) is 2.93. The van der Waals surface area contributed by atoms with Gasteiger partial charge in [-0.3, -0.25) is 0 Å². The summed E-state index contributed by atoms with van der Waals surface area (Å²) in [4.78, 5) is 0. The van der Waals surface area contributed by atoms with Crippen molar-refractivity contribution < 1.29 is 0 Å². The lowest BCUT2D eigenvalue weighted by atomic mass is 9.93. The van der Waals surface area contributed by atoms with Gasteiger partial charge in [0, 0.05) is 5.02 Å². The molecule has 0 spiro atoms. The molecule has 0 nitrogen and oxygen atoms in total. The third kappa shape index (κ3) is 2.09. The molecule has 4 rings (SSSR count). The van der Waals surface area contributed by atoms with Gasteiger partial charge in [0.05, 0.1) is 0 Å². The summed E-state index contributed by atoms with van der Waals surface area (Å²) < 4.78 is 0. The fraction of sp³-hybridized carbons (Fsp3) is 0. The van der Waals surface area contributed by atoms with E-state index in [0.717, 1.165) is 5.02 Å². The molecule has 0 atom stereocenters. The van der Waals surface area contributed by atoms with Crippen LogP contribution in [0, 0.1) is 0 Å². The zero-order valence-corrected chi connectivity index (χ0v) is 12.1.